The summed E-state index contributed by atoms with van der Waals surface area (Å²) in [5.74, 6) is -0.264. The molecule has 1 N–H and O–H groups in total. The van der Waals surface area contributed by atoms with E-state index >= 15 is 0 Å². The predicted molar refractivity (Wildman–Crippen MR) is 66.2 cm³/mol. The summed E-state index contributed by atoms with van der Waals surface area (Å²) in [6, 6.07) is 8.84. The van der Waals surface area contributed by atoms with E-state index in [0.717, 1.165) is 11.0 Å². The summed E-state index contributed by atoms with van der Waals surface area (Å²) >= 11 is 0. The minimum Gasteiger partial charge on any atom is -0.464 e. The number of nitrogens with one attached hydrogen (secondary N) is 1. The predicted octanol–water partition coefficient (Wildman–Crippen LogP) is 2.48. The Morgan fingerprint density at radius 2 is 2.17 bits per heavy atom. The summed E-state index contributed by atoms with van der Waals surface area (Å²) in [5.41, 5.74) is 1.82. The molecule has 18 heavy (non-hydrogen) atoms. The Morgan fingerprint density at radius 3 is 3.00 bits per heavy atom. The van der Waals surface area contributed by atoms with Crippen molar-refractivity contribution in [2.24, 2.45) is 0 Å². The number of nitrogens with zero attached hydrogens (tertiary/aromatic N) is 2. The molecule has 2 heterocycles. The Balaban J connectivity index is 1.86. The third-order valence-electron chi connectivity index (χ3n) is 2.52. The van der Waals surface area contributed by atoms with Gasteiger partial charge in [0.2, 0.25) is 0 Å². The zero-order chi connectivity index (χ0) is 12.4. The van der Waals surface area contributed by atoms with E-state index in [1.807, 2.05) is 18.2 Å². The molecule has 0 aliphatic carbocycles. The number of furan rings is 1. The Kier molecular flexibility index (Phi) is 2.49. The average molecular weight is 239 g/mol. The van der Waals surface area contributed by atoms with Gasteiger partial charge in [0.1, 0.15) is 17.6 Å². The molecule has 5 nitrogen and oxygen atoms in total. The highest BCUT2D eigenvalue weighted by atomic mass is 16.3. The van der Waals surface area contributed by atoms with Gasteiger partial charge in [-0.3, -0.25) is 4.79 Å². The van der Waals surface area contributed by atoms with E-state index < -0.39 is 0 Å². The van der Waals surface area contributed by atoms with Gasteiger partial charge in [-0.25, -0.2) is 9.97 Å². The number of rotatable bonds is 2. The fourth-order valence-corrected chi connectivity index (χ4v) is 1.66. The first-order chi connectivity index (χ1) is 8.83. The number of carbonyl (C=O) groups is 1. The summed E-state index contributed by atoms with van der Waals surface area (Å²) in [4.78, 5) is 19.5. The molecule has 0 aliphatic heterocycles. The molecule has 0 spiro atoms. The van der Waals surface area contributed by atoms with E-state index in [0.29, 0.717) is 11.4 Å². The Hall–Kier alpha value is -2.69. The number of carbonyl (C=O) groups excluding carboxylic acids is 1. The van der Waals surface area contributed by atoms with Crippen LogP contribution in [-0.2, 0) is 0 Å². The maximum absolute atomic E-state index is 11.9. The van der Waals surface area contributed by atoms with Crippen molar-refractivity contribution in [1.82, 2.24) is 9.97 Å². The van der Waals surface area contributed by atoms with Gasteiger partial charge in [0.05, 0.1) is 6.26 Å². The number of anilines is 1. The van der Waals surface area contributed by atoms with Gasteiger partial charge in [0.25, 0.3) is 5.91 Å². The Bertz CT molecular complexity index is 692. The van der Waals surface area contributed by atoms with E-state index in [1.165, 1.54) is 12.5 Å². The molecule has 0 unspecified atom stereocenters. The van der Waals surface area contributed by atoms with Crippen molar-refractivity contribution < 1.29 is 9.21 Å². The van der Waals surface area contributed by atoms with Crippen molar-refractivity contribution in [3.63, 3.8) is 0 Å². The first-order valence-corrected chi connectivity index (χ1v) is 5.37. The van der Waals surface area contributed by atoms with Crippen LogP contribution in [0.5, 0.6) is 0 Å². The molecule has 0 radical (unpaired) electrons. The van der Waals surface area contributed by atoms with Crippen LogP contribution < -0.4 is 5.32 Å². The molecule has 0 atom stereocenters. The van der Waals surface area contributed by atoms with Gasteiger partial charge in [-0.15, -0.1) is 0 Å². The van der Waals surface area contributed by atoms with Crippen LogP contribution in [0.4, 0.5) is 5.69 Å². The summed E-state index contributed by atoms with van der Waals surface area (Å²) in [5, 5.41) is 3.71. The SMILES string of the molecule is O=C(Nc1ccc2occc2c1)c1ccncn1. The summed E-state index contributed by atoms with van der Waals surface area (Å²) in [7, 11) is 0. The zero-order valence-corrected chi connectivity index (χ0v) is 9.33. The molecular formula is C13H9N3O2. The monoisotopic (exact) mass is 239 g/mol. The van der Waals surface area contributed by atoms with E-state index in [9.17, 15) is 4.79 Å². The molecule has 0 saturated heterocycles. The quantitative estimate of drug-likeness (QED) is 0.745. The molecule has 2 aromatic heterocycles. The highest BCUT2D eigenvalue weighted by molar-refractivity contribution is 6.03. The van der Waals surface area contributed by atoms with Crippen LogP contribution in [-0.4, -0.2) is 15.9 Å². The second-order valence-electron chi connectivity index (χ2n) is 3.72. The van der Waals surface area contributed by atoms with Gasteiger partial charge in [-0.2, -0.15) is 0 Å². The Morgan fingerprint density at radius 1 is 1.22 bits per heavy atom. The van der Waals surface area contributed by atoms with Gasteiger partial charge in [-0.1, -0.05) is 0 Å². The number of fused-ring (bicyclic) bond motifs is 1. The fourth-order valence-electron chi connectivity index (χ4n) is 1.66. The van der Waals surface area contributed by atoms with Gasteiger partial charge in [-0.05, 0) is 30.3 Å². The standard InChI is InChI=1S/C13H9N3O2/c17-13(11-3-5-14-8-15-11)16-10-1-2-12-9(7-10)4-6-18-12/h1-8H,(H,16,17). The van der Waals surface area contributed by atoms with Crippen LogP contribution in [0.2, 0.25) is 0 Å². The number of hydrogen-bond donors (Lipinski definition) is 1. The first kappa shape index (κ1) is 10.5. The largest absolute Gasteiger partial charge is 0.464 e. The lowest BCUT2D eigenvalue weighted by atomic mass is 10.2. The molecule has 1 amide bonds. The van der Waals surface area contributed by atoms with Gasteiger partial charge in [0, 0.05) is 17.3 Å². The van der Waals surface area contributed by atoms with Crippen molar-refractivity contribution in [1.29, 1.82) is 0 Å². The molecule has 1 aromatic carbocycles. The van der Waals surface area contributed by atoms with Gasteiger partial charge < -0.3 is 9.73 Å². The first-order valence-electron chi connectivity index (χ1n) is 5.37. The zero-order valence-electron chi connectivity index (χ0n) is 9.33. The lowest BCUT2D eigenvalue weighted by Crippen LogP contribution is -2.13. The van der Waals surface area contributed by atoms with Crippen molar-refractivity contribution >= 4 is 22.6 Å². The van der Waals surface area contributed by atoms with Crippen LogP contribution in [0.25, 0.3) is 11.0 Å². The second-order valence-corrected chi connectivity index (χ2v) is 3.72. The lowest BCUT2D eigenvalue weighted by molar-refractivity contribution is 0.102. The maximum atomic E-state index is 11.9. The van der Waals surface area contributed by atoms with Crippen molar-refractivity contribution in [2.45, 2.75) is 0 Å². The van der Waals surface area contributed by atoms with E-state index in [1.54, 1.807) is 18.4 Å². The van der Waals surface area contributed by atoms with Crippen molar-refractivity contribution in [2.75, 3.05) is 5.32 Å². The molecule has 0 saturated carbocycles. The van der Waals surface area contributed by atoms with E-state index in [2.05, 4.69) is 15.3 Å². The van der Waals surface area contributed by atoms with Crippen molar-refractivity contribution in [3.05, 3.63) is 54.8 Å². The number of amides is 1. The molecule has 88 valence electrons. The minimum absolute atomic E-state index is 0.264. The molecule has 3 rings (SSSR count). The summed E-state index contributed by atoms with van der Waals surface area (Å²) < 4.78 is 5.23. The fraction of sp³-hybridized carbons (Fsp3) is 0. The molecular weight excluding hydrogens is 230 g/mol. The normalized spacial score (nSPS) is 10.4. The molecule has 0 fully saturated rings. The lowest BCUT2D eigenvalue weighted by Gasteiger charge is -2.03. The number of benzene rings is 1. The van der Waals surface area contributed by atoms with Gasteiger partial charge >= 0.3 is 0 Å². The topological polar surface area (TPSA) is 68.0 Å². The van der Waals surface area contributed by atoms with Crippen LogP contribution >= 0.6 is 0 Å². The van der Waals surface area contributed by atoms with Crippen LogP contribution in [0.1, 0.15) is 10.5 Å². The van der Waals surface area contributed by atoms with Crippen LogP contribution in [0.3, 0.4) is 0 Å². The number of aromatic nitrogens is 2. The minimum atomic E-state index is -0.264. The molecule has 0 aliphatic rings. The van der Waals surface area contributed by atoms with Crippen molar-refractivity contribution in [3.8, 4) is 0 Å². The van der Waals surface area contributed by atoms with E-state index in [-0.39, 0.29) is 5.91 Å². The molecule has 0 bridgehead atoms. The smallest absolute Gasteiger partial charge is 0.274 e. The van der Waals surface area contributed by atoms with E-state index in [4.69, 9.17) is 4.42 Å². The molecule has 5 heteroatoms. The third-order valence-corrected chi connectivity index (χ3v) is 2.52. The average Bonchev–Trinajstić information content (AvgIpc) is 2.87. The van der Waals surface area contributed by atoms with Gasteiger partial charge in [0.15, 0.2) is 0 Å². The van der Waals surface area contributed by atoms with Crippen LogP contribution in [0.15, 0.2) is 53.5 Å². The summed E-state index contributed by atoms with van der Waals surface area (Å²) in [6.45, 7) is 0. The second kappa shape index (κ2) is 4.29. The summed E-state index contributed by atoms with van der Waals surface area (Å²) in [6.07, 6.45) is 4.48. The highest BCUT2D eigenvalue weighted by Crippen LogP contribution is 2.20. The Labute approximate surface area is 102 Å². The molecule has 3 aromatic rings. The maximum Gasteiger partial charge on any atom is 0.274 e. The third kappa shape index (κ3) is 1.93. The highest BCUT2D eigenvalue weighted by Gasteiger charge is 2.07. The number of hydrogen-bond acceptors (Lipinski definition) is 4. The van der Waals surface area contributed by atoms with Crippen LogP contribution in [0, 0.1) is 0 Å².